The molecule has 1 atom stereocenters. The van der Waals surface area contributed by atoms with E-state index in [0.717, 1.165) is 5.56 Å². The Morgan fingerprint density at radius 2 is 2.21 bits per heavy atom. The highest BCUT2D eigenvalue weighted by molar-refractivity contribution is 7.10. The van der Waals surface area contributed by atoms with Crippen LogP contribution in [0, 0.1) is 17.0 Å². The lowest BCUT2D eigenvalue weighted by atomic mass is 10.1. The van der Waals surface area contributed by atoms with Gasteiger partial charge in [0.1, 0.15) is 0 Å². The Morgan fingerprint density at radius 3 is 2.84 bits per heavy atom. The van der Waals surface area contributed by atoms with Crippen LogP contribution < -0.4 is 5.32 Å². The first-order valence-electron chi connectivity index (χ1n) is 6.08. The fourth-order valence-electron chi connectivity index (χ4n) is 1.87. The second-order valence-corrected chi connectivity index (χ2v) is 5.48. The summed E-state index contributed by atoms with van der Waals surface area (Å²) in [5.41, 5.74) is 1.81. The third kappa shape index (κ3) is 3.39. The second kappa shape index (κ2) is 5.95. The van der Waals surface area contributed by atoms with Crippen molar-refractivity contribution < 1.29 is 4.92 Å². The molecule has 0 radical (unpaired) electrons. The zero-order valence-electron chi connectivity index (χ0n) is 10.9. The van der Waals surface area contributed by atoms with Crippen LogP contribution in [0.25, 0.3) is 0 Å². The first kappa shape index (κ1) is 13.7. The summed E-state index contributed by atoms with van der Waals surface area (Å²) in [7, 11) is 0. The van der Waals surface area contributed by atoms with E-state index < -0.39 is 0 Å². The third-order valence-corrected chi connectivity index (χ3v) is 4.11. The summed E-state index contributed by atoms with van der Waals surface area (Å²) in [6, 6.07) is 9.72. The Hall–Kier alpha value is -1.72. The van der Waals surface area contributed by atoms with E-state index in [9.17, 15) is 10.1 Å². The molecule has 0 unspecified atom stereocenters. The number of nitrogens with zero attached hydrogens (tertiary/aromatic N) is 1. The van der Waals surface area contributed by atoms with Gasteiger partial charge in [-0.3, -0.25) is 10.1 Å². The van der Waals surface area contributed by atoms with Crippen molar-refractivity contribution in [2.45, 2.75) is 26.4 Å². The fraction of sp³-hybridized carbons (Fsp3) is 0.286. The van der Waals surface area contributed by atoms with Gasteiger partial charge in [0.05, 0.1) is 4.92 Å². The summed E-state index contributed by atoms with van der Waals surface area (Å²) in [5.74, 6) is 0. The topological polar surface area (TPSA) is 55.2 Å². The van der Waals surface area contributed by atoms with Crippen LogP contribution in [-0.2, 0) is 6.54 Å². The van der Waals surface area contributed by atoms with E-state index in [-0.39, 0.29) is 16.7 Å². The van der Waals surface area contributed by atoms with Gasteiger partial charge in [0, 0.05) is 29.1 Å². The van der Waals surface area contributed by atoms with Gasteiger partial charge in [-0.05, 0) is 30.9 Å². The quantitative estimate of drug-likeness (QED) is 0.667. The number of hydrogen-bond acceptors (Lipinski definition) is 4. The highest BCUT2D eigenvalue weighted by Gasteiger charge is 2.11. The molecule has 2 rings (SSSR count). The van der Waals surface area contributed by atoms with Crippen LogP contribution in [0.1, 0.15) is 29.0 Å². The molecule has 0 aliphatic carbocycles. The van der Waals surface area contributed by atoms with Crippen molar-refractivity contribution in [1.82, 2.24) is 5.32 Å². The normalized spacial score (nSPS) is 12.3. The molecule has 0 amide bonds. The summed E-state index contributed by atoms with van der Waals surface area (Å²) in [6.07, 6.45) is 0. The zero-order chi connectivity index (χ0) is 13.8. The van der Waals surface area contributed by atoms with Gasteiger partial charge in [-0.2, -0.15) is 0 Å². The first-order chi connectivity index (χ1) is 9.08. The van der Waals surface area contributed by atoms with Crippen LogP contribution in [0.2, 0.25) is 0 Å². The number of nitro benzene ring substituents is 1. The van der Waals surface area contributed by atoms with Crippen LogP contribution in [0.4, 0.5) is 5.69 Å². The van der Waals surface area contributed by atoms with Gasteiger partial charge in [-0.1, -0.05) is 18.2 Å². The maximum absolute atomic E-state index is 10.9. The summed E-state index contributed by atoms with van der Waals surface area (Å²) >= 11 is 1.71. The number of hydrogen-bond donors (Lipinski definition) is 1. The molecule has 5 heteroatoms. The molecule has 1 heterocycles. The highest BCUT2D eigenvalue weighted by atomic mass is 32.1. The molecule has 0 saturated heterocycles. The van der Waals surface area contributed by atoms with Crippen molar-refractivity contribution in [2.24, 2.45) is 0 Å². The van der Waals surface area contributed by atoms with Crippen LogP contribution >= 0.6 is 11.3 Å². The number of benzene rings is 1. The third-order valence-electron chi connectivity index (χ3n) is 3.05. The molecule has 0 bridgehead atoms. The predicted octanol–water partition coefficient (Wildman–Crippen LogP) is 3.82. The molecule has 0 aliphatic heterocycles. The van der Waals surface area contributed by atoms with Gasteiger partial charge >= 0.3 is 0 Å². The van der Waals surface area contributed by atoms with E-state index >= 15 is 0 Å². The lowest BCUT2D eigenvalue weighted by Gasteiger charge is -2.12. The molecule has 2 aromatic rings. The van der Waals surface area contributed by atoms with Gasteiger partial charge in [-0.15, -0.1) is 11.3 Å². The maximum atomic E-state index is 10.9. The Labute approximate surface area is 116 Å². The number of aryl methyl sites for hydroxylation is 1. The number of nitrogens with one attached hydrogen (secondary N) is 1. The molecule has 1 N–H and O–H groups in total. The van der Waals surface area contributed by atoms with Crippen molar-refractivity contribution >= 4 is 17.0 Å². The molecule has 19 heavy (non-hydrogen) atoms. The van der Waals surface area contributed by atoms with Crippen LogP contribution in [0.15, 0.2) is 35.7 Å². The molecule has 1 aromatic carbocycles. The Kier molecular flexibility index (Phi) is 4.29. The second-order valence-electron chi connectivity index (χ2n) is 4.50. The van der Waals surface area contributed by atoms with E-state index in [4.69, 9.17) is 0 Å². The zero-order valence-corrected chi connectivity index (χ0v) is 11.7. The number of rotatable bonds is 5. The van der Waals surface area contributed by atoms with E-state index in [1.54, 1.807) is 30.4 Å². The largest absolute Gasteiger partial charge is 0.305 e. The van der Waals surface area contributed by atoms with Crippen molar-refractivity contribution in [1.29, 1.82) is 0 Å². The lowest BCUT2D eigenvalue weighted by Crippen LogP contribution is -2.17. The van der Waals surface area contributed by atoms with Gasteiger partial charge in [0.25, 0.3) is 5.69 Å². The molecule has 100 valence electrons. The standard InChI is InChI=1S/C14H16N2O2S/c1-10-5-6-12(8-13(10)16(17)18)9-15-11(2)14-4-3-7-19-14/h3-8,11,15H,9H2,1-2H3/t11-/m1/s1. The Bertz CT molecular complexity index is 567. The van der Waals surface area contributed by atoms with E-state index in [2.05, 4.69) is 18.3 Å². The van der Waals surface area contributed by atoms with Crippen LogP contribution in [0.5, 0.6) is 0 Å². The SMILES string of the molecule is Cc1ccc(CN[C@H](C)c2cccs2)cc1[N+](=O)[O-]. The van der Waals surface area contributed by atoms with Gasteiger partial charge in [-0.25, -0.2) is 0 Å². The van der Waals surface area contributed by atoms with Crippen molar-refractivity contribution in [3.63, 3.8) is 0 Å². The van der Waals surface area contributed by atoms with Crippen molar-refractivity contribution in [2.75, 3.05) is 0 Å². The molecule has 1 aromatic heterocycles. The Balaban J connectivity index is 2.04. The van der Waals surface area contributed by atoms with Gasteiger partial charge in [0.2, 0.25) is 0 Å². The van der Waals surface area contributed by atoms with Crippen molar-refractivity contribution in [3.8, 4) is 0 Å². The Morgan fingerprint density at radius 1 is 1.42 bits per heavy atom. The monoisotopic (exact) mass is 276 g/mol. The predicted molar refractivity (Wildman–Crippen MR) is 77.4 cm³/mol. The summed E-state index contributed by atoms with van der Waals surface area (Å²) in [4.78, 5) is 11.8. The minimum Gasteiger partial charge on any atom is -0.305 e. The molecule has 0 aliphatic rings. The van der Waals surface area contributed by atoms with E-state index in [1.165, 1.54) is 4.88 Å². The minimum absolute atomic E-state index is 0.183. The fourth-order valence-corrected chi connectivity index (χ4v) is 2.63. The highest BCUT2D eigenvalue weighted by Crippen LogP contribution is 2.21. The van der Waals surface area contributed by atoms with Crippen LogP contribution in [-0.4, -0.2) is 4.92 Å². The number of nitro groups is 1. The maximum Gasteiger partial charge on any atom is 0.272 e. The summed E-state index contributed by atoms with van der Waals surface area (Å²) in [6.45, 7) is 4.47. The van der Waals surface area contributed by atoms with Crippen LogP contribution in [0.3, 0.4) is 0 Å². The summed E-state index contributed by atoms with van der Waals surface area (Å²) < 4.78 is 0. The van der Waals surface area contributed by atoms with Crippen molar-refractivity contribution in [3.05, 3.63) is 61.8 Å². The molecule has 0 spiro atoms. The summed E-state index contributed by atoms with van der Waals surface area (Å²) in [5, 5.41) is 16.3. The molecular formula is C14H16N2O2S. The molecule has 0 saturated carbocycles. The molecule has 4 nitrogen and oxygen atoms in total. The van der Waals surface area contributed by atoms with Gasteiger partial charge in [0.15, 0.2) is 0 Å². The lowest BCUT2D eigenvalue weighted by molar-refractivity contribution is -0.385. The first-order valence-corrected chi connectivity index (χ1v) is 6.96. The van der Waals surface area contributed by atoms with E-state index in [1.807, 2.05) is 17.5 Å². The van der Waals surface area contributed by atoms with E-state index in [0.29, 0.717) is 12.1 Å². The molecule has 0 fully saturated rings. The average molecular weight is 276 g/mol. The molecular weight excluding hydrogens is 260 g/mol. The average Bonchev–Trinajstić information content (AvgIpc) is 2.91. The smallest absolute Gasteiger partial charge is 0.272 e. The van der Waals surface area contributed by atoms with Gasteiger partial charge < -0.3 is 5.32 Å². The number of thiophene rings is 1. The minimum atomic E-state index is -0.332.